The number of sulfonamides is 1. The van der Waals surface area contributed by atoms with Gasteiger partial charge in [0.05, 0.1) is 29.4 Å². The van der Waals surface area contributed by atoms with E-state index >= 15 is 0 Å². The zero-order valence-electron chi connectivity index (χ0n) is 33.2. The van der Waals surface area contributed by atoms with Gasteiger partial charge >= 0.3 is 6.09 Å². The molecule has 1 aromatic carbocycles. The number of fused-ring (bicyclic) bond motifs is 5. The Kier molecular flexibility index (Phi) is 11.6. The molecule has 3 N–H and O–H groups in total. The van der Waals surface area contributed by atoms with Crippen LogP contribution >= 0.6 is 0 Å². The average molecular weight is 795 g/mol. The number of nitrogens with one attached hydrogen (secondary N) is 3. The Morgan fingerprint density at radius 1 is 1.02 bits per heavy atom. The molecule has 3 aliphatic carbocycles. The first-order valence-corrected chi connectivity index (χ1v) is 22.0. The standard InChI is InChI=1S/C41H58N6O8S/c1-6-26-19-20-41(26,38(49)46-56(51,52)29-16-17-29)45-36(48)33-22-28-23-47(33)24-35(40(2,3)4)44-39(50)55-34-14-10-12-25(34)11-8-7-9-13-31-37(54-28)43-32-21-27(53-5)15-18-30(32)42-31/h6,15,18,21,25-26,28-29,33-35H,1,7-14,16-17,19-20,22-24H2,2-5H3,(H,44,50)(H,45,48)(H,46,49). The molecule has 1 aromatic heterocycles. The molecule has 5 aliphatic rings. The lowest BCUT2D eigenvalue weighted by Gasteiger charge is -2.47. The summed E-state index contributed by atoms with van der Waals surface area (Å²) in [6.45, 7) is 10.6. The van der Waals surface area contributed by atoms with Gasteiger partial charge in [0.25, 0.3) is 5.91 Å². The normalized spacial score (nSPS) is 31.5. The number of ether oxygens (including phenoxy) is 3. The number of carbonyl (C=O) groups excluding carboxylic acids is 3. The second kappa shape index (κ2) is 16.1. The van der Waals surface area contributed by atoms with Crippen molar-refractivity contribution in [2.75, 3.05) is 20.2 Å². The largest absolute Gasteiger partial charge is 0.497 e. The summed E-state index contributed by atoms with van der Waals surface area (Å²) in [6, 6.07) is 4.38. The van der Waals surface area contributed by atoms with E-state index in [2.05, 4.69) is 21.9 Å². The van der Waals surface area contributed by atoms with Crippen LogP contribution in [0.1, 0.15) is 104 Å². The van der Waals surface area contributed by atoms with Gasteiger partial charge in [-0.05, 0) is 87.7 Å². The Hall–Kier alpha value is -3.98. The molecule has 8 atom stereocenters. The summed E-state index contributed by atoms with van der Waals surface area (Å²) in [6.07, 6.45) is 10.0. The molecule has 3 amide bonds. The van der Waals surface area contributed by atoms with E-state index in [9.17, 15) is 22.8 Å². The molecule has 2 aliphatic heterocycles. The average Bonchev–Trinajstić information content (AvgIpc) is 3.81. The molecule has 3 heterocycles. The maximum atomic E-state index is 14.6. The number of rotatable bonds is 7. The Bertz CT molecular complexity index is 1930. The summed E-state index contributed by atoms with van der Waals surface area (Å²) in [5, 5.41) is 5.58. The summed E-state index contributed by atoms with van der Waals surface area (Å²) in [5.74, 6) is -0.241. The highest BCUT2D eigenvalue weighted by Gasteiger charge is 2.56. The number of aryl methyl sites for hydroxylation is 1. The number of alkyl carbamates (subject to hydrolysis) is 1. The molecule has 14 nitrogen and oxygen atoms in total. The smallest absolute Gasteiger partial charge is 0.407 e. The summed E-state index contributed by atoms with van der Waals surface area (Å²) < 4.78 is 46.3. The molecule has 306 valence electrons. The second-order valence-corrected chi connectivity index (χ2v) is 19.6. The highest BCUT2D eigenvalue weighted by atomic mass is 32.2. The summed E-state index contributed by atoms with van der Waals surface area (Å²) in [5.41, 5.74) is 0.231. The van der Waals surface area contributed by atoms with Crippen LogP contribution in [0.2, 0.25) is 0 Å². The number of amides is 3. The van der Waals surface area contributed by atoms with E-state index in [1.807, 2.05) is 43.9 Å². The molecule has 0 radical (unpaired) electrons. The molecule has 15 heteroatoms. The van der Waals surface area contributed by atoms with E-state index in [-0.39, 0.29) is 25.5 Å². The van der Waals surface area contributed by atoms with Crippen LogP contribution in [0.25, 0.3) is 11.0 Å². The van der Waals surface area contributed by atoms with Crippen molar-refractivity contribution >= 4 is 39.0 Å². The molecule has 3 saturated carbocycles. The number of nitrogens with zero attached hydrogens (tertiary/aromatic N) is 3. The third-order valence-electron chi connectivity index (χ3n) is 12.7. The highest BCUT2D eigenvalue weighted by Crippen LogP contribution is 2.41. The van der Waals surface area contributed by atoms with E-state index in [4.69, 9.17) is 24.2 Å². The van der Waals surface area contributed by atoms with Gasteiger partial charge in [-0.1, -0.05) is 39.7 Å². The Labute approximate surface area is 330 Å². The maximum Gasteiger partial charge on any atom is 0.407 e. The SMILES string of the molecule is C=CC1CCC1(NC(=O)C1CC2CN1CC(C(C)(C)C)NC(=O)OC1CCCC1CCCCCc1nc3ccc(OC)cc3nc1O2)C(=O)NS(=O)(=O)C1CC1. The first-order valence-electron chi connectivity index (χ1n) is 20.4. The molecule has 2 aromatic rings. The molecular formula is C41H58N6O8S. The minimum absolute atomic E-state index is 0.140. The van der Waals surface area contributed by atoms with Crippen molar-refractivity contribution in [3.63, 3.8) is 0 Å². The van der Waals surface area contributed by atoms with Crippen molar-refractivity contribution in [1.82, 2.24) is 30.2 Å². The van der Waals surface area contributed by atoms with Crippen LogP contribution in [0, 0.1) is 17.3 Å². The topological polar surface area (TPSA) is 178 Å². The Balaban J connectivity index is 1.21. The third kappa shape index (κ3) is 8.63. The first-order chi connectivity index (χ1) is 26.7. The van der Waals surface area contributed by atoms with Crippen molar-refractivity contribution < 1.29 is 37.0 Å². The second-order valence-electron chi connectivity index (χ2n) is 17.6. The zero-order valence-corrected chi connectivity index (χ0v) is 34.0. The van der Waals surface area contributed by atoms with Gasteiger partial charge in [-0.25, -0.2) is 23.2 Å². The van der Waals surface area contributed by atoms with Crippen molar-refractivity contribution in [2.45, 2.75) is 139 Å². The molecule has 0 spiro atoms. The van der Waals surface area contributed by atoms with Crippen LogP contribution in [-0.2, 0) is 30.8 Å². The molecule has 1 saturated heterocycles. The summed E-state index contributed by atoms with van der Waals surface area (Å²) in [7, 11) is -2.26. The maximum absolute atomic E-state index is 14.6. The van der Waals surface area contributed by atoms with Gasteiger partial charge in [-0.15, -0.1) is 6.58 Å². The van der Waals surface area contributed by atoms with E-state index in [0.29, 0.717) is 55.3 Å². The fourth-order valence-corrected chi connectivity index (χ4v) is 10.2. The number of aromatic nitrogens is 2. The van der Waals surface area contributed by atoms with Crippen LogP contribution in [0.5, 0.6) is 11.6 Å². The summed E-state index contributed by atoms with van der Waals surface area (Å²) in [4.78, 5) is 53.9. The number of hydrogen-bond acceptors (Lipinski definition) is 11. The van der Waals surface area contributed by atoms with E-state index in [1.165, 1.54) is 0 Å². The van der Waals surface area contributed by atoms with Gasteiger partial charge < -0.3 is 24.8 Å². The number of hydrogen-bond donors (Lipinski definition) is 3. The fraction of sp³-hybridized carbons (Fsp3) is 0.683. The van der Waals surface area contributed by atoms with Gasteiger partial charge in [0.15, 0.2) is 0 Å². The van der Waals surface area contributed by atoms with Crippen molar-refractivity contribution in [2.24, 2.45) is 17.3 Å². The fourth-order valence-electron chi connectivity index (χ4n) is 8.86. The van der Waals surface area contributed by atoms with Crippen LogP contribution < -0.4 is 24.8 Å². The van der Waals surface area contributed by atoms with Crippen LogP contribution in [0.3, 0.4) is 0 Å². The number of methoxy groups -OCH3 is 1. The lowest BCUT2D eigenvalue weighted by molar-refractivity contribution is -0.140. The van der Waals surface area contributed by atoms with Crippen molar-refractivity contribution in [3.05, 3.63) is 36.5 Å². The van der Waals surface area contributed by atoms with Crippen LogP contribution in [-0.4, -0.2) is 96.5 Å². The summed E-state index contributed by atoms with van der Waals surface area (Å²) >= 11 is 0. The highest BCUT2D eigenvalue weighted by molar-refractivity contribution is 7.91. The van der Waals surface area contributed by atoms with Crippen LogP contribution in [0.15, 0.2) is 30.9 Å². The molecule has 2 bridgehead atoms. The van der Waals surface area contributed by atoms with E-state index in [0.717, 1.165) is 56.2 Å². The third-order valence-corrected chi connectivity index (χ3v) is 14.5. The first kappa shape index (κ1) is 40.2. The van der Waals surface area contributed by atoms with Gasteiger partial charge in [-0.3, -0.25) is 19.2 Å². The van der Waals surface area contributed by atoms with E-state index < -0.39 is 68.2 Å². The van der Waals surface area contributed by atoms with Crippen LogP contribution in [0.4, 0.5) is 4.79 Å². The number of carbonyl (C=O) groups is 3. The minimum atomic E-state index is -3.86. The van der Waals surface area contributed by atoms with E-state index in [1.54, 1.807) is 13.2 Å². The monoisotopic (exact) mass is 794 g/mol. The van der Waals surface area contributed by atoms with Gasteiger partial charge in [0, 0.05) is 37.5 Å². The Morgan fingerprint density at radius 2 is 1.80 bits per heavy atom. The predicted molar refractivity (Wildman–Crippen MR) is 211 cm³/mol. The molecular weight excluding hydrogens is 737 g/mol. The van der Waals surface area contributed by atoms with Crippen molar-refractivity contribution in [1.29, 1.82) is 0 Å². The molecule has 8 unspecified atom stereocenters. The Morgan fingerprint density at radius 3 is 2.50 bits per heavy atom. The number of benzene rings is 1. The minimum Gasteiger partial charge on any atom is -0.497 e. The van der Waals surface area contributed by atoms with Crippen molar-refractivity contribution in [3.8, 4) is 11.6 Å². The van der Waals surface area contributed by atoms with Gasteiger partial charge in [0.2, 0.25) is 21.8 Å². The van der Waals surface area contributed by atoms with Gasteiger partial charge in [0.1, 0.15) is 29.2 Å². The quantitative estimate of drug-likeness (QED) is 0.324. The molecule has 56 heavy (non-hydrogen) atoms. The lowest BCUT2D eigenvalue weighted by Crippen LogP contribution is -2.70. The molecule has 4 fully saturated rings. The van der Waals surface area contributed by atoms with Gasteiger partial charge in [-0.2, -0.15) is 0 Å². The lowest BCUT2D eigenvalue weighted by atomic mass is 9.66. The molecule has 7 rings (SSSR count). The predicted octanol–water partition coefficient (Wildman–Crippen LogP) is 4.95. The zero-order chi connectivity index (χ0) is 39.8.